The van der Waals surface area contributed by atoms with Crippen LogP contribution in [0.5, 0.6) is 11.5 Å². The number of hydrazine groups is 1. The lowest BCUT2D eigenvalue weighted by Crippen LogP contribution is -2.29. The molecule has 21 heavy (non-hydrogen) atoms. The molecule has 1 unspecified atom stereocenters. The highest BCUT2D eigenvalue weighted by Crippen LogP contribution is 2.27. The third kappa shape index (κ3) is 3.54. The fraction of sp³-hybridized carbons (Fsp3) is 0.294. The largest absolute Gasteiger partial charge is 0.496 e. The third-order valence-corrected chi connectivity index (χ3v) is 3.64. The summed E-state index contributed by atoms with van der Waals surface area (Å²) in [7, 11) is 3.36. The van der Waals surface area contributed by atoms with Crippen LogP contribution in [0, 0.1) is 6.92 Å². The van der Waals surface area contributed by atoms with Gasteiger partial charge in [-0.3, -0.25) is 11.3 Å². The second-order valence-electron chi connectivity index (χ2n) is 4.96. The van der Waals surface area contributed by atoms with Crippen molar-refractivity contribution >= 4 is 0 Å². The minimum absolute atomic E-state index is 0.0194. The first-order valence-corrected chi connectivity index (χ1v) is 6.92. The van der Waals surface area contributed by atoms with Gasteiger partial charge in [-0.1, -0.05) is 30.3 Å². The molecule has 0 aliphatic heterocycles. The highest BCUT2D eigenvalue weighted by molar-refractivity contribution is 5.39. The number of para-hydroxylation sites is 1. The van der Waals surface area contributed by atoms with E-state index in [0.717, 1.165) is 34.6 Å². The summed E-state index contributed by atoms with van der Waals surface area (Å²) < 4.78 is 10.7. The predicted octanol–water partition coefficient (Wildman–Crippen LogP) is 2.76. The van der Waals surface area contributed by atoms with E-state index in [1.165, 1.54) is 0 Å². The van der Waals surface area contributed by atoms with Crippen LogP contribution < -0.4 is 20.7 Å². The lowest BCUT2D eigenvalue weighted by atomic mass is 9.97. The molecule has 0 amide bonds. The predicted molar refractivity (Wildman–Crippen MR) is 84.5 cm³/mol. The van der Waals surface area contributed by atoms with Gasteiger partial charge in [0.25, 0.3) is 0 Å². The Morgan fingerprint density at radius 2 is 1.76 bits per heavy atom. The molecule has 4 heteroatoms. The van der Waals surface area contributed by atoms with Crippen molar-refractivity contribution in [2.45, 2.75) is 19.4 Å². The van der Waals surface area contributed by atoms with Gasteiger partial charge >= 0.3 is 0 Å². The maximum atomic E-state index is 5.74. The van der Waals surface area contributed by atoms with Crippen LogP contribution in [0.1, 0.15) is 22.7 Å². The molecule has 2 aromatic carbocycles. The van der Waals surface area contributed by atoms with Gasteiger partial charge in [-0.25, -0.2) is 0 Å². The molecule has 0 saturated carbocycles. The summed E-state index contributed by atoms with van der Waals surface area (Å²) in [5, 5.41) is 0. The van der Waals surface area contributed by atoms with Crippen LogP contribution in [0.2, 0.25) is 0 Å². The van der Waals surface area contributed by atoms with Crippen molar-refractivity contribution in [3.8, 4) is 11.5 Å². The maximum absolute atomic E-state index is 5.74. The topological polar surface area (TPSA) is 56.5 Å². The molecule has 2 aromatic rings. The van der Waals surface area contributed by atoms with E-state index in [2.05, 4.69) is 17.6 Å². The van der Waals surface area contributed by atoms with Crippen molar-refractivity contribution in [1.29, 1.82) is 0 Å². The first-order chi connectivity index (χ1) is 10.2. The van der Waals surface area contributed by atoms with Crippen molar-refractivity contribution in [3.05, 3.63) is 59.2 Å². The summed E-state index contributed by atoms with van der Waals surface area (Å²) in [5.41, 5.74) is 6.23. The van der Waals surface area contributed by atoms with Crippen LogP contribution in [0.3, 0.4) is 0 Å². The van der Waals surface area contributed by atoms with Crippen molar-refractivity contribution in [2.24, 2.45) is 5.84 Å². The summed E-state index contributed by atoms with van der Waals surface area (Å²) >= 11 is 0. The Morgan fingerprint density at radius 1 is 1.05 bits per heavy atom. The first kappa shape index (κ1) is 15.4. The van der Waals surface area contributed by atoms with E-state index < -0.39 is 0 Å². The van der Waals surface area contributed by atoms with Gasteiger partial charge in [-0.05, 0) is 42.2 Å². The van der Waals surface area contributed by atoms with Crippen molar-refractivity contribution in [2.75, 3.05) is 14.2 Å². The van der Waals surface area contributed by atoms with E-state index in [0.29, 0.717) is 0 Å². The zero-order valence-electron chi connectivity index (χ0n) is 12.7. The Labute approximate surface area is 125 Å². The number of benzene rings is 2. The summed E-state index contributed by atoms with van der Waals surface area (Å²) in [6.45, 7) is 2.03. The molecule has 0 aliphatic carbocycles. The van der Waals surface area contributed by atoms with E-state index in [-0.39, 0.29) is 6.04 Å². The second-order valence-corrected chi connectivity index (χ2v) is 4.96. The maximum Gasteiger partial charge on any atom is 0.122 e. The summed E-state index contributed by atoms with van der Waals surface area (Å²) in [4.78, 5) is 0. The number of rotatable bonds is 6. The summed E-state index contributed by atoms with van der Waals surface area (Å²) in [5.74, 6) is 7.50. The van der Waals surface area contributed by atoms with Crippen molar-refractivity contribution in [1.82, 2.24) is 5.43 Å². The molecule has 4 nitrogen and oxygen atoms in total. The van der Waals surface area contributed by atoms with E-state index >= 15 is 0 Å². The molecule has 0 bridgehead atoms. The Hall–Kier alpha value is -2.04. The summed E-state index contributed by atoms with van der Waals surface area (Å²) in [6, 6.07) is 14.1. The lowest BCUT2D eigenvalue weighted by Gasteiger charge is -2.19. The van der Waals surface area contributed by atoms with Crippen LogP contribution in [0.4, 0.5) is 0 Å². The smallest absolute Gasteiger partial charge is 0.122 e. The number of aryl methyl sites for hydroxylation is 1. The van der Waals surface area contributed by atoms with Gasteiger partial charge in [0.05, 0.1) is 20.3 Å². The monoisotopic (exact) mass is 286 g/mol. The molecule has 112 valence electrons. The van der Waals surface area contributed by atoms with Crippen LogP contribution in [-0.2, 0) is 6.42 Å². The molecule has 0 saturated heterocycles. The molecule has 0 spiro atoms. The Kier molecular flexibility index (Phi) is 5.20. The SMILES string of the molecule is COc1ccc(C(Cc2ccccc2OC)NN)cc1C. The zero-order valence-corrected chi connectivity index (χ0v) is 12.7. The molecule has 1 atom stereocenters. The number of methoxy groups -OCH3 is 2. The van der Waals surface area contributed by atoms with Gasteiger partial charge in [0, 0.05) is 0 Å². The fourth-order valence-electron chi connectivity index (χ4n) is 2.48. The average Bonchev–Trinajstić information content (AvgIpc) is 2.52. The van der Waals surface area contributed by atoms with Gasteiger partial charge in [0.1, 0.15) is 11.5 Å². The first-order valence-electron chi connectivity index (χ1n) is 6.92. The van der Waals surface area contributed by atoms with Crippen LogP contribution >= 0.6 is 0 Å². The summed E-state index contributed by atoms with van der Waals surface area (Å²) in [6.07, 6.45) is 0.756. The molecular formula is C17H22N2O2. The Bertz CT molecular complexity index is 599. The van der Waals surface area contributed by atoms with Crippen LogP contribution in [-0.4, -0.2) is 14.2 Å². The van der Waals surface area contributed by atoms with E-state index in [4.69, 9.17) is 15.3 Å². The lowest BCUT2D eigenvalue weighted by molar-refractivity contribution is 0.405. The zero-order chi connectivity index (χ0) is 15.2. The highest BCUT2D eigenvalue weighted by Gasteiger charge is 2.14. The van der Waals surface area contributed by atoms with Crippen LogP contribution in [0.15, 0.2) is 42.5 Å². The van der Waals surface area contributed by atoms with Crippen LogP contribution in [0.25, 0.3) is 0 Å². The minimum Gasteiger partial charge on any atom is -0.496 e. The molecule has 3 N–H and O–H groups in total. The van der Waals surface area contributed by atoms with Crippen molar-refractivity contribution in [3.63, 3.8) is 0 Å². The molecule has 0 fully saturated rings. The van der Waals surface area contributed by atoms with Gasteiger partial charge in [-0.2, -0.15) is 0 Å². The quantitative estimate of drug-likeness (QED) is 0.633. The average molecular weight is 286 g/mol. The number of nitrogens with one attached hydrogen (secondary N) is 1. The second kappa shape index (κ2) is 7.11. The molecule has 0 radical (unpaired) electrons. The number of ether oxygens (including phenoxy) is 2. The number of nitrogens with two attached hydrogens (primary N) is 1. The Balaban J connectivity index is 2.25. The van der Waals surface area contributed by atoms with Gasteiger partial charge in [0.15, 0.2) is 0 Å². The molecule has 0 aromatic heterocycles. The van der Waals surface area contributed by atoms with Gasteiger partial charge in [0.2, 0.25) is 0 Å². The van der Waals surface area contributed by atoms with Crippen molar-refractivity contribution < 1.29 is 9.47 Å². The van der Waals surface area contributed by atoms with E-state index in [1.807, 2.05) is 37.3 Å². The van der Waals surface area contributed by atoms with E-state index in [1.54, 1.807) is 14.2 Å². The minimum atomic E-state index is 0.0194. The molecule has 2 rings (SSSR count). The number of hydrogen-bond acceptors (Lipinski definition) is 4. The molecule has 0 aliphatic rings. The van der Waals surface area contributed by atoms with Gasteiger partial charge < -0.3 is 9.47 Å². The van der Waals surface area contributed by atoms with Gasteiger partial charge in [-0.15, -0.1) is 0 Å². The molecule has 0 heterocycles. The Morgan fingerprint density at radius 3 is 2.38 bits per heavy atom. The standard InChI is InChI=1S/C17H22N2O2/c1-12-10-13(8-9-16(12)20-2)15(19-18)11-14-6-4-5-7-17(14)21-3/h4-10,15,19H,11,18H2,1-3H3. The third-order valence-electron chi connectivity index (χ3n) is 3.64. The highest BCUT2D eigenvalue weighted by atomic mass is 16.5. The van der Waals surface area contributed by atoms with E-state index in [9.17, 15) is 0 Å². The normalized spacial score (nSPS) is 12.0. The fourth-order valence-corrected chi connectivity index (χ4v) is 2.48. The molecular weight excluding hydrogens is 264 g/mol. The number of hydrogen-bond donors (Lipinski definition) is 2.